The minimum atomic E-state index is -1.87. The molecular formula is C26H26N4O6. The predicted molar refractivity (Wildman–Crippen MR) is 132 cm³/mol. The summed E-state index contributed by atoms with van der Waals surface area (Å²) in [5, 5.41) is 14.5. The second-order valence-corrected chi connectivity index (χ2v) is 8.69. The number of nitrogens with zero attached hydrogens (tertiary/aromatic N) is 2. The van der Waals surface area contributed by atoms with Crippen molar-refractivity contribution >= 4 is 28.9 Å². The van der Waals surface area contributed by atoms with Crippen molar-refractivity contribution in [3.63, 3.8) is 0 Å². The van der Waals surface area contributed by atoms with E-state index in [9.17, 15) is 19.5 Å². The number of hydrogen-bond donors (Lipinski definition) is 3. The second kappa shape index (κ2) is 9.30. The van der Waals surface area contributed by atoms with Gasteiger partial charge in [0.25, 0.3) is 5.56 Å². The first-order valence-corrected chi connectivity index (χ1v) is 11.7. The lowest BCUT2D eigenvalue weighted by Gasteiger charge is -2.31. The molecule has 4 N–H and O–H groups in total. The minimum absolute atomic E-state index is 0.0447. The molecule has 0 unspecified atom stereocenters. The molecule has 0 saturated carbocycles. The maximum Gasteiger partial charge on any atom is 0.343 e. The van der Waals surface area contributed by atoms with Crippen molar-refractivity contribution in [3.05, 3.63) is 69.0 Å². The Morgan fingerprint density at radius 2 is 2.14 bits per heavy atom. The SMILES string of the molecule is CC[C@@]1(O)C(=O)OCc2c1cc1n(c2=O)Cc2c-1nc1ccccc1c2/C=C/COCNC(=O)CN. The Kier molecular flexibility index (Phi) is 6.17. The lowest BCUT2D eigenvalue weighted by Crippen LogP contribution is -2.44. The van der Waals surface area contributed by atoms with Gasteiger partial charge in [0.05, 0.1) is 42.2 Å². The molecule has 36 heavy (non-hydrogen) atoms. The van der Waals surface area contributed by atoms with Gasteiger partial charge in [-0.2, -0.15) is 0 Å². The van der Waals surface area contributed by atoms with Crippen molar-refractivity contribution in [2.75, 3.05) is 19.9 Å². The van der Waals surface area contributed by atoms with Crippen LogP contribution in [0, 0.1) is 0 Å². The Balaban J connectivity index is 1.57. The molecule has 0 aliphatic carbocycles. The van der Waals surface area contributed by atoms with Crippen molar-refractivity contribution in [2.24, 2.45) is 5.73 Å². The molecule has 0 spiro atoms. The Morgan fingerprint density at radius 1 is 1.33 bits per heavy atom. The number of ether oxygens (including phenoxy) is 2. The Bertz CT molecular complexity index is 1480. The molecular weight excluding hydrogens is 464 g/mol. The van der Waals surface area contributed by atoms with Crippen LogP contribution < -0.4 is 16.6 Å². The highest BCUT2D eigenvalue weighted by Crippen LogP contribution is 2.40. The van der Waals surface area contributed by atoms with Gasteiger partial charge in [-0.3, -0.25) is 9.59 Å². The third-order valence-corrected chi connectivity index (χ3v) is 6.69. The number of aromatic nitrogens is 2. The maximum atomic E-state index is 13.5. The van der Waals surface area contributed by atoms with Gasteiger partial charge in [-0.1, -0.05) is 37.3 Å². The van der Waals surface area contributed by atoms with Crippen LogP contribution in [0.15, 0.2) is 41.2 Å². The Morgan fingerprint density at radius 3 is 2.92 bits per heavy atom. The van der Waals surface area contributed by atoms with E-state index in [1.165, 1.54) is 0 Å². The number of carbonyl (C=O) groups excluding carboxylic acids is 2. The number of esters is 1. The van der Waals surface area contributed by atoms with Gasteiger partial charge >= 0.3 is 5.97 Å². The highest BCUT2D eigenvalue weighted by molar-refractivity contribution is 5.93. The molecule has 4 heterocycles. The molecule has 186 valence electrons. The van der Waals surface area contributed by atoms with Gasteiger partial charge in [-0.15, -0.1) is 0 Å². The number of cyclic esters (lactones) is 1. The number of benzene rings is 1. The molecule has 5 rings (SSSR count). The summed E-state index contributed by atoms with van der Waals surface area (Å²) in [6.07, 6.45) is 3.83. The summed E-state index contributed by atoms with van der Waals surface area (Å²) in [5.41, 5.74) is 7.32. The van der Waals surface area contributed by atoms with E-state index < -0.39 is 11.6 Å². The normalized spacial score (nSPS) is 18.1. The van der Waals surface area contributed by atoms with Crippen LogP contribution in [0.3, 0.4) is 0 Å². The summed E-state index contributed by atoms with van der Waals surface area (Å²) >= 11 is 0. The number of para-hydroxylation sites is 1. The Labute approximate surface area is 206 Å². The maximum absolute atomic E-state index is 13.5. The number of nitrogens with two attached hydrogens (primary N) is 1. The molecule has 2 aliphatic rings. The fraction of sp³-hybridized carbons (Fsp3) is 0.308. The zero-order valence-corrected chi connectivity index (χ0v) is 19.7. The highest BCUT2D eigenvalue weighted by atomic mass is 16.6. The molecule has 2 aliphatic heterocycles. The molecule has 10 nitrogen and oxygen atoms in total. The fourth-order valence-electron chi connectivity index (χ4n) is 4.75. The van der Waals surface area contributed by atoms with Crippen molar-refractivity contribution in [1.29, 1.82) is 0 Å². The zero-order chi connectivity index (χ0) is 25.4. The first kappa shape index (κ1) is 23.9. The van der Waals surface area contributed by atoms with E-state index in [-0.39, 0.29) is 55.5 Å². The highest BCUT2D eigenvalue weighted by Gasteiger charge is 2.45. The van der Waals surface area contributed by atoms with Crippen LogP contribution in [0.2, 0.25) is 0 Å². The minimum Gasteiger partial charge on any atom is -0.458 e. The van der Waals surface area contributed by atoms with Crippen molar-refractivity contribution in [3.8, 4) is 11.4 Å². The summed E-state index contributed by atoms with van der Waals surface area (Å²) in [6.45, 7) is 1.98. The Hall–Kier alpha value is -3.86. The molecule has 0 radical (unpaired) electrons. The average Bonchev–Trinajstić information content (AvgIpc) is 3.26. The van der Waals surface area contributed by atoms with Crippen LogP contribution in [-0.2, 0) is 37.8 Å². The number of hydrogen-bond acceptors (Lipinski definition) is 8. The summed E-state index contributed by atoms with van der Waals surface area (Å²) in [7, 11) is 0. The largest absolute Gasteiger partial charge is 0.458 e. The molecule has 10 heteroatoms. The number of pyridine rings is 2. The monoisotopic (exact) mass is 490 g/mol. The number of amides is 1. The first-order chi connectivity index (χ1) is 17.4. The fourth-order valence-corrected chi connectivity index (χ4v) is 4.75. The van der Waals surface area contributed by atoms with Crippen LogP contribution in [0.4, 0.5) is 0 Å². The number of carbonyl (C=O) groups is 2. The van der Waals surface area contributed by atoms with E-state index in [0.717, 1.165) is 22.0 Å². The first-order valence-electron chi connectivity index (χ1n) is 11.7. The van der Waals surface area contributed by atoms with E-state index in [2.05, 4.69) is 5.32 Å². The lowest BCUT2D eigenvalue weighted by molar-refractivity contribution is -0.172. The molecule has 1 amide bonds. The van der Waals surface area contributed by atoms with E-state index in [1.54, 1.807) is 17.6 Å². The van der Waals surface area contributed by atoms with Crippen molar-refractivity contribution in [1.82, 2.24) is 14.9 Å². The lowest BCUT2D eigenvalue weighted by atomic mass is 9.86. The van der Waals surface area contributed by atoms with Crippen molar-refractivity contribution < 1.29 is 24.2 Å². The molecule has 3 aromatic rings. The van der Waals surface area contributed by atoms with Crippen LogP contribution in [-0.4, -0.2) is 46.4 Å². The van der Waals surface area contributed by atoms with Crippen LogP contribution in [0.1, 0.15) is 35.6 Å². The van der Waals surface area contributed by atoms with Gasteiger partial charge in [0.2, 0.25) is 5.91 Å². The van der Waals surface area contributed by atoms with Crippen LogP contribution in [0.25, 0.3) is 28.4 Å². The summed E-state index contributed by atoms with van der Waals surface area (Å²) in [4.78, 5) is 41.9. The molecule has 0 bridgehead atoms. The number of fused-ring (bicyclic) bond motifs is 5. The van der Waals surface area contributed by atoms with E-state index >= 15 is 0 Å². The summed E-state index contributed by atoms with van der Waals surface area (Å²) < 4.78 is 12.2. The van der Waals surface area contributed by atoms with Gasteiger partial charge in [0.1, 0.15) is 13.3 Å². The van der Waals surface area contributed by atoms with E-state index in [4.69, 9.17) is 20.2 Å². The molecule has 2 aromatic heterocycles. The van der Waals surface area contributed by atoms with Gasteiger partial charge in [0.15, 0.2) is 5.60 Å². The average molecular weight is 491 g/mol. The quantitative estimate of drug-likeness (QED) is 0.199. The third kappa shape index (κ3) is 3.79. The number of nitrogens with one attached hydrogen (secondary N) is 1. The predicted octanol–water partition coefficient (Wildman–Crippen LogP) is 1.14. The van der Waals surface area contributed by atoms with Gasteiger partial charge in [-0.25, -0.2) is 9.78 Å². The van der Waals surface area contributed by atoms with E-state index in [1.807, 2.05) is 36.4 Å². The number of aliphatic hydroxyl groups is 1. The van der Waals surface area contributed by atoms with Crippen LogP contribution >= 0.6 is 0 Å². The van der Waals surface area contributed by atoms with E-state index in [0.29, 0.717) is 17.9 Å². The topological polar surface area (TPSA) is 146 Å². The molecule has 1 atom stereocenters. The van der Waals surface area contributed by atoms with Crippen LogP contribution in [0.5, 0.6) is 0 Å². The molecule has 0 saturated heterocycles. The summed E-state index contributed by atoms with van der Waals surface area (Å²) in [5.74, 6) is -1.05. The number of rotatable bonds is 7. The van der Waals surface area contributed by atoms with Crippen molar-refractivity contribution in [2.45, 2.75) is 32.1 Å². The summed E-state index contributed by atoms with van der Waals surface area (Å²) in [6, 6.07) is 9.36. The molecule has 1 aromatic carbocycles. The smallest absolute Gasteiger partial charge is 0.343 e. The van der Waals surface area contributed by atoms with Gasteiger partial charge < -0.3 is 30.2 Å². The second-order valence-electron chi connectivity index (χ2n) is 8.69. The standard InChI is InChI=1S/C26H26N4O6/c1-2-26(34)19-10-21-23-17(12-30(21)24(32)18(19)13-36-25(26)33)15(16-6-3-4-8-20(16)29-23)7-5-9-35-14-28-22(31)11-27/h3-8,10,34H,2,9,11-14,27H2,1H3,(H,28,31)/b7-5+/t26-/m0/s1. The zero-order valence-electron chi connectivity index (χ0n) is 19.7. The third-order valence-electron chi connectivity index (χ3n) is 6.69. The van der Waals surface area contributed by atoms with Gasteiger partial charge in [-0.05, 0) is 24.1 Å². The van der Waals surface area contributed by atoms with Gasteiger partial charge in [0, 0.05) is 16.5 Å². The molecule has 0 fully saturated rings.